The van der Waals surface area contributed by atoms with Crippen LogP contribution in [0.25, 0.3) is 0 Å². The highest BCUT2D eigenvalue weighted by Gasteiger charge is 2.15. The third kappa shape index (κ3) is 6.22. The number of carbonyl (C=O) groups excluding carboxylic acids is 2. The van der Waals surface area contributed by atoms with Gasteiger partial charge in [-0.25, -0.2) is 4.79 Å². The Hall–Kier alpha value is -2.04. The van der Waals surface area contributed by atoms with Gasteiger partial charge in [0.05, 0.1) is 0 Å². The Balaban J connectivity index is 2.25. The lowest BCUT2D eigenvalue weighted by molar-refractivity contribution is -0.122. The predicted molar refractivity (Wildman–Crippen MR) is 77.1 cm³/mol. The van der Waals surface area contributed by atoms with Crippen LogP contribution in [0.3, 0.4) is 0 Å². The molecule has 0 bridgehead atoms. The molecular weight excluding hydrogens is 256 g/mol. The van der Waals surface area contributed by atoms with Crippen molar-refractivity contribution >= 4 is 12.0 Å². The summed E-state index contributed by atoms with van der Waals surface area (Å²) in [5.41, 5.74) is 0.905. The minimum absolute atomic E-state index is 0.191. The third-order valence-corrected chi connectivity index (χ3v) is 2.77. The number of alkyl carbamates (subject to hydrolysis) is 1. The van der Waals surface area contributed by atoms with E-state index in [1.807, 2.05) is 30.3 Å². The molecule has 2 N–H and O–H groups in total. The molecule has 20 heavy (non-hydrogen) atoms. The SMILES string of the molecule is CCCCNC(=O)C(C)NC(=O)OCc1ccccc1. The Kier molecular flexibility index (Phi) is 7.17. The summed E-state index contributed by atoms with van der Waals surface area (Å²) >= 11 is 0. The van der Waals surface area contributed by atoms with Gasteiger partial charge in [0, 0.05) is 6.54 Å². The second-order valence-electron chi connectivity index (χ2n) is 4.57. The highest BCUT2D eigenvalue weighted by atomic mass is 16.5. The number of ether oxygens (including phenoxy) is 1. The summed E-state index contributed by atoms with van der Waals surface area (Å²) in [5, 5.41) is 5.26. The first kappa shape index (κ1) is 16.0. The van der Waals surface area contributed by atoms with Gasteiger partial charge in [0.15, 0.2) is 0 Å². The van der Waals surface area contributed by atoms with Gasteiger partial charge < -0.3 is 15.4 Å². The lowest BCUT2D eigenvalue weighted by atomic mass is 10.2. The van der Waals surface area contributed by atoms with E-state index in [0.717, 1.165) is 18.4 Å². The van der Waals surface area contributed by atoms with Crippen molar-refractivity contribution in [2.75, 3.05) is 6.54 Å². The van der Waals surface area contributed by atoms with Crippen LogP contribution in [-0.4, -0.2) is 24.6 Å². The van der Waals surface area contributed by atoms with E-state index in [1.54, 1.807) is 6.92 Å². The number of hydrogen-bond acceptors (Lipinski definition) is 3. The molecule has 0 spiro atoms. The van der Waals surface area contributed by atoms with Gasteiger partial charge in [0.2, 0.25) is 5.91 Å². The average molecular weight is 278 g/mol. The zero-order valence-electron chi connectivity index (χ0n) is 12.0. The zero-order chi connectivity index (χ0) is 14.8. The highest BCUT2D eigenvalue weighted by molar-refractivity contribution is 5.85. The second-order valence-corrected chi connectivity index (χ2v) is 4.57. The van der Waals surface area contributed by atoms with E-state index >= 15 is 0 Å². The molecule has 0 aliphatic carbocycles. The van der Waals surface area contributed by atoms with Gasteiger partial charge in [-0.05, 0) is 18.9 Å². The first-order chi connectivity index (χ1) is 9.63. The molecule has 1 atom stereocenters. The number of nitrogens with one attached hydrogen (secondary N) is 2. The van der Waals surface area contributed by atoms with Gasteiger partial charge in [0.1, 0.15) is 12.6 Å². The van der Waals surface area contributed by atoms with Crippen molar-refractivity contribution in [3.8, 4) is 0 Å². The topological polar surface area (TPSA) is 67.4 Å². The van der Waals surface area contributed by atoms with Crippen LogP contribution >= 0.6 is 0 Å². The fourth-order valence-corrected chi connectivity index (χ4v) is 1.55. The van der Waals surface area contributed by atoms with E-state index < -0.39 is 12.1 Å². The lowest BCUT2D eigenvalue weighted by Gasteiger charge is -2.14. The Morgan fingerprint density at radius 1 is 1.25 bits per heavy atom. The monoisotopic (exact) mass is 278 g/mol. The molecule has 0 saturated carbocycles. The van der Waals surface area contributed by atoms with E-state index in [0.29, 0.717) is 6.54 Å². The zero-order valence-corrected chi connectivity index (χ0v) is 12.0. The Morgan fingerprint density at radius 2 is 1.95 bits per heavy atom. The molecule has 0 aliphatic rings. The fraction of sp³-hybridized carbons (Fsp3) is 0.467. The van der Waals surface area contributed by atoms with Crippen LogP contribution in [-0.2, 0) is 16.1 Å². The molecule has 0 aliphatic heterocycles. The molecule has 0 heterocycles. The number of amides is 2. The number of hydrogen-bond donors (Lipinski definition) is 2. The summed E-state index contributed by atoms with van der Waals surface area (Å²) in [6.07, 6.45) is 1.35. The van der Waals surface area contributed by atoms with Crippen molar-refractivity contribution in [1.82, 2.24) is 10.6 Å². The van der Waals surface area contributed by atoms with Gasteiger partial charge in [-0.15, -0.1) is 0 Å². The summed E-state index contributed by atoms with van der Waals surface area (Å²) in [4.78, 5) is 23.2. The molecule has 5 heteroatoms. The summed E-state index contributed by atoms with van der Waals surface area (Å²) in [6.45, 7) is 4.50. The summed E-state index contributed by atoms with van der Waals surface area (Å²) < 4.78 is 5.04. The van der Waals surface area contributed by atoms with Crippen LogP contribution in [0, 0.1) is 0 Å². The van der Waals surface area contributed by atoms with Crippen molar-refractivity contribution < 1.29 is 14.3 Å². The fourth-order valence-electron chi connectivity index (χ4n) is 1.55. The smallest absolute Gasteiger partial charge is 0.408 e. The first-order valence-corrected chi connectivity index (χ1v) is 6.88. The first-order valence-electron chi connectivity index (χ1n) is 6.88. The molecule has 1 rings (SSSR count). The molecule has 2 amide bonds. The Labute approximate surface area is 119 Å². The van der Waals surface area contributed by atoms with Crippen LogP contribution < -0.4 is 10.6 Å². The minimum atomic E-state index is -0.602. The van der Waals surface area contributed by atoms with Gasteiger partial charge in [-0.3, -0.25) is 4.79 Å². The number of rotatable bonds is 7. The molecule has 0 aromatic heterocycles. The summed E-state index contributed by atoms with van der Waals surface area (Å²) in [7, 11) is 0. The number of unbranched alkanes of at least 4 members (excludes halogenated alkanes) is 1. The molecule has 0 radical (unpaired) electrons. The largest absolute Gasteiger partial charge is 0.445 e. The van der Waals surface area contributed by atoms with Crippen LogP contribution in [0.5, 0.6) is 0 Å². The van der Waals surface area contributed by atoms with Crippen LogP contribution in [0.2, 0.25) is 0 Å². The van der Waals surface area contributed by atoms with E-state index in [9.17, 15) is 9.59 Å². The van der Waals surface area contributed by atoms with Gasteiger partial charge in [0.25, 0.3) is 0 Å². The average Bonchev–Trinajstić information content (AvgIpc) is 2.46. The molecule has 1 unspecified atom stereocenters. The number of benzene rings is 1. The van der Waals surface area contributed by atoms with E-state index in [2.05, 4.69) is 17.6 Å². The Bertz CT molecular complexity index is 420. The number of carbonyl (C=O) groups is 2. The molecular formula is C15H22N2O3. The highest BCUT2D eigenvalue weighted by Crippen LogP contribution is 2.00. The van der Waals surface area contributed by atoms with Crippen LogP contribution in [0.1, 0.15) is 32.3 Å². The van der Waals surface area contributed by atoms with E-state index in [4.69, 9.17) is 4.74 Å². The van der Waals surface area contributed by atoms with Crippen LogP contribution in [0.4, 0.5) is 4.79 Å². The van der Waals surface area contributed by atoms with Crippen molar-refractivity contribution in [3.63, 3.8) is 0 Å². The molecule has 1 aromatic rings. The Morgan fingerprint density at radius 3 is 2.60 bits per heavy atom. The van der Waals surface area contributed by atoms with Crippen molar-refractivity contribution in [1.29, 1.82) is 0 Å². The lowest BCUT2D eigenvalue weighted by Crippen LogP contribution is -2.45. The second kappa shape index (κ2) is 8.96. The van der Waals surface area contributed by atoms with Gasteiger partial charge >= 0.3 is 6.09 Å². The molecule has 5 nitrogen and oxygen atoms in total. The molecule has 110 valence electrons. The summed E-state index contributed by atoms with van der Waals surface area (Å²) in [6, 6.07) is 8.78. The predicted octanol–water partition coefficient (Wildman–Crippen LogP) is 2.22. The van der Waals surface area contributed by atoms with E-state index in [1.165, 1.54) is 0 Å². The van der Waals surface area contributed by atoms with Gasteiger partial charge in [-0.1, -0.05) is 43.7 Å². The van der Waals surface area contributed by atoms with E-state index in [-0.39, 0.29) is 12.5 Å². The van der Waals surface area contributed by atoms with Crippen molar-refractivity contribution in [3.05, 3.63) is 35.9 Å². The van der Waals surface area contributed by atoms with Gasteiger partial charge in [-0.2, -0.15) is 0 Å². The van der Waals surface area contributed by atoms with Crippen molar-refractivity contribution in [2.45, 2.75) is 39.3 Å². The maximum Gasteiger partial charge on any atom is 0.408 e. The quantitative estimate of drug-likeness (QED) is 0.751. The maximum absolute atomic E-state index is 11.6. The minimum Gasteiger partial charge on any atom is -0.445 e. The standard InChI is InChI=1S/C15H22N2O3/c1-3-4-10-16-14(18)12(2)17-15(19)20-11-13-8-6-5-7-9-13/h5-9,12H,3-4,10-11H2,1-2H3,(H,16,18)(H,17,19). The molecule has 1 aromatic carbocycles. The summed E-state index contributed by atoms with van der Waals surface area (Å²) in [5.74, 6) is -0.199. The maximum atomic E-state index is 11.6. The molecule has 0 saturated heterocycles. The third-order valence-electron chi connectivity index (χ3n) is 2.77. The van der Waals surface area contributed by atoms with Crippen LogP contribution in [0.15, 0.2) is 30.3 Å². The normalized spacial score (nSPS) is 11.5. The van der Waals surface area contributed by atoms with Crippen molar-refractivity contribution in [2.24, 2.45) is 0 Å². The molecule has 0 fully saturated rings.